The number of unbranched alkanes of at least 4 members (excludes halogenated alkanes) is 2. The van der Waals surface area contributed by atoms with E-state index in [1.165, 1.54) is 40.1 Å². The molecule has 21 heavy (non-hydrogen) atoms. The van der Waals surface area contributed by atoms with E-state index >= 15 is 0 Å². The zero-order valence-electron chi connectivity index (χ0n) is 13.3. The molecule has 2 aromatic rings. The van der Waals surface area contributed by atoms with E-state index in [0.29, 0.717) is 0 Å². The van der Waals surface area contributed by atoms with Crippen LogP contribution in [-0.2, 0) is 0 Å². The van der Waals surface area contributed by atoms with Crippen LogP contribution in [0.3, 0.4) is 0 Å². The minimum atomic E-state index is -2.88. The van der Waals surface area contributed by atoms with Gasteiger partial charge in [0.05, 0.1) is 0 Å². The van der Waals surface area contributed by atoms with Crippen molar-refractivity contribution in [3.05, 3.63) is 48.8 Å². The Morgan fingerprint density at radius 1 is 0.762 bits per heavy atom. The van der Waals surface area contributed by atoms with Crippen LogP contribution in [0.15, 0.2) is 48.8 Å². The van der Waals surface area contributed by atoms with Gasteiger partial charge >= 0.3 is 134 Å². The summed E-state index contributed by atoms with van der Waals surface area (Å²) < 4.78 is 5.48. The molecule has 0 N–H and O–H groups in total. The molecule has 0 saturated carbocycles. The van der Waals surface area contributed by atoms with Crippen molar-refractivity contribution in [2.45, 2.75) is 47.5 Å². The third-order valence-electron chi connectivity index (χ3n) is 4.22. The van der Waals surface area contributed by atoms with Gasteiger partial charge < -0.3 is 0 Å². The van der Waals surface area contributed by atoms with E-state index in [-0.39, 0.29) is 0 Å². The fourth-order valence-electron chi connectivity index (χ4n) is 3.02. The quantitative estimate of drug-likeness (QED) is 0.543. The molecule has 0 amide bonds. The second kappa shape index (κ2) is 8.61. The van der Waals surface area contributed by atoms with E-state index in [1.54, 1.807) is 0 Å². The number of hydrogen-bond donors (Lipinski definition) is 0. The van der Waals surface area contributed by atoms with Crippen molar-refractivity contribution in [1.29, 1.82) is 0 Å². The first-order valence-corrected chi connectivity index (χ1v) is 17.5. The number of pyridine rings is 2. The van der Waals surface area contributed by atoms with Crippen LogP contribution in [0.4, 0.5) is 0 Å². The molecule has 0 aromatic carbocycles. The zero-order chi connectivity index (χ0) is 15.0. The molecular weight excluding hydrogens is 451 g/mol. The Balaban J connectivity index is 2.48. The third kappa shape index (κ3) is 4.12. The molecule has 0 saturated heterocycles. The van der Waals surface area contributed by atoms with Crippen LogP contribution in [0.2, 0.25) is 7.96 Å². The summed E-state index contributed by atoms with van der Waals surface area (Å²) in [4.78, 5) is 9.58. The summed E-state index contributed by atoms with van der Waals surface area (Å²) in [7, 11) is 0. The van der Waals surface area contributed by atoms with Gasteiger partial charge in [-0.1, -0.05) is 0 Å². The van der Waals surface area contributed by atoms with Crippen molar-refractivity contribution >= 4 is 27.7 Å². The molecule has 2 aromatic heterocycles. The Morgan fingerprint density at radius 3 is 1.57 bits per heavy atom. The Morgan fingerprint density at radius 2 is 1.24 bits per heavy atom. The number of aromatic nitrogens is 2. The standard InChI is InChI=1S/2C5H4N.2C4H9.Pb/c2*1-2-4-6-5-3-1;2*1-3-4-2;/h2*1-4H;2*1,3-4H2,2H3;. The van der Waals surface area contributed by atoms with Crippen LogP contribution in [0.5, 0.6) is 0 Å². The summed E-state index contributed by atoms with van der Waals surface area (Å²) in [6, 6.07) is 12.9. The second-order valence-electron chi connectivity index (χ2n) is 5.72. The molecule has 0 aliphatic rings. The Hall–Kier alpha value is -0.778. The monoisotopic (exact) mass is 478 g/mol. The Kier molecular flexibility index (Phi) is 6.80. The first kappa shape index (κ1) is 16.6. The molecule has 2 rings (SSSR count). The number of hydrogen-bond acceptors (Lipinski definition) is 2. The fourth-order valence-corrected chi connectivity index (χ4v) is 22.2. The fraction of sp³-hybridized carbons (Fsp3) is 0.444. The van der Waals surface area contributed by atoms with Gasteiger partial charge in [0.2, 0.25) is 0 Å². The molecule has 0 radical (unpaired) electrons. The normalized spacial score (nSPS) is 11.5. The average Bonchev–Trinajstić information content (AvgIpc) is 2.57. The number of nitrogens with zero attached hydrogens (tertiary/aromatic N) is 2. The maximum absolute atomic E-state index is 4.79. The third-order valence-corrected chi connectivity index (χ3v) is 23.5. The van der Waals surface area contributed by atoms with E-state index in [1.807, 2.05) is 24.5 Å². The van der Waals surface area contributed by atoms with Gasteiger partial charge in [-0.15, -0.1) is 0 Å². The van der Waals surface area contributed by atoms with Gasteiger partial charge in [0.1, 0.15) is 0 Å². The van der Waals surface area contributed by atoms with Gasteiger partial charge in [-0.2, -0.15) is 0 Å². The van der Waals surface area contributed by atoms with Crippen LogP contribution in [-0.4, -0.2) is 31.1 Å². The average molecular weight is 478 g/mol. The molecule has 3 heteroatoms. The predicted octanol–water partition coefficient (Wildman–Crippen LogP) is 3.64. The first-order valence-electron chi connectivity index (χ1n) is 8.16. The van der Waals surface area contributed by atoms with Crippen molar-refractivity contribution in [3.8, 4) is 0 Å². The molecule has 0 fully saturated rings. The van der Waals surface area contributed by atoms with Gasteiger partial charge in [0.25, 0.3) is 0 Å². The SMILES string of the molecule is CCC[CH2][Pb]([CH2]CCC)([c]1ccccn1)[c]1ccccn1. The Labute approximate surface area is 133 Å². The molecule has 0 atom stereocenters. The van der Waals surface area contributed by atoms with Crippen molar-refractivity contribution in [2.24, 2.45) is 0 Å². The van der Waals surface area contributed by atoms with Crippen molar-refractivity contribution in [1.82, 2.24) is 9.97 Å². The van der Waals surface area contributed by atoms with Gasteiger partial charge in [0.15, 0.2) is 0 Å². The summed E-state index contributed by atoms with van der Waals surface area (Å²) in [5, 5.41) is 0. The van der Waals surface area contributed by atoms with Gasteiger partial charge in [-0.05, 0) is 0 Å². The zero-order valence-corrected chi connectivity index (χ0v) is 17.1. The molecule has 0 aliphatic heterocycles. The van der Waals surface area contributed by atoms with Crippen LogP contribution in [0.25, 0.3) is 0 Å². The van der Waals surface area contributed by atoms with E-state index in [9.17, 15) is 0 Å². The molecule has 0 unspecified atom stereocenters. The summed E-state index contributed by atoms with van der Waals surface area (Å²) in [6.45, 7) is 4.57. The molecule has 0 bridgehead atoms. The molecule has 2 nitrogen and oxygen atoms in total. The van der Waals surface area contributed by atoms with Crippen molar-refractivity contribution < 1.29 is 0 Å². The van der Waals surface area contributed by atoms with Crippen molar-refractivity contribution in [3.63, 3.8) is 0 Å². The molecule has 0 spiro atoms. The summed E-state index contributed by atoms with van der Waals surface area (Å²) in [5.74, 6) is 0. The summed E-state index contributed by atoms with van der Waals surface area (Å²) >= 11 is -2.88. The van der Waals surface area contributed by atoms with Crippen LogP contribution in [0, 0.1) is 0 Å². The van der Waals surface area contributed by atoms with Crippen LogP contribution < -0.4 is 6.51 Å². The molecule has 2 heterocycles. The molecule has 112 valence electrons. The first-order chi connectivity index (χ1) is 10.3. The van der Waals surface area contributed by atoms with E-state index < -0.39 is 21.2 Å². The topological polar surface area (TPSA) is 25.8 Å². The maximum atomic E-state index is 4.79. The van der Waals surface area contributed by atoms with E-state index in [0.717, 1.165) is 0 Å². The van der Waals surface area contributed by atoms with Gasteiger partial charge in [0, 0.05) is 0 Å². The minimum absolute atomic E-state index is 1.26. The second-order valence-corrected chi connectivity index (χ2v) is 22.0. The molecular formula is C18H26N2Pb. The number of rotatable bonds is 8. The summed E-state index contributed by atoms with van der Waals surface area (Å²) in [5.41, 5.74) is 0. The Bertz CT molecular complexity index is 464. The molecule has 0 aliphatic carbocycles. The van der Waals surface area contributed by atoms with E-state index in [4.69, 9.17) is 9.97 Å². The summed E-state index contributed by atoms with van der Waals surface area (Å²) in [6.07, 6.45) is 9.05. The van der Waals surface area contributed by atoms with Crippen LogP contribution >= 0.6 is 0 Å². The van der Waals surface area contributed by atoms with Gasteiger partial charge in [-0.3, -0.25) is 0 Å². The van der Waals surface area contributed by atoms with E-state index in [2.05, 4.69) is 38.1 Å². The predicted molar refractivity (Wildman–Crippen MR) is 92.9 cm³/mol. The van der Waals surface area contributed by atoms with Gasteiger partial charge in [-0.25, -0.2) is 0 Å². The van der Waals surface area contributed by atoms with Crippen molar-refractivity contribution in [2.75, 3.05) is 0 Å². The van der Waals surface area contributed by atoms with Crippen LogP contribution in [0.1, 0.15) is 39.5 Å².